The molecule has 1 heterocycles. The second-order valence-corrected chi connectivity index (χ2v) is 16.8. The van der Waals surface area contributed by atoms with Gasteiger partial charge in [0.2, 0.25) is 0 Å². The normalized spacial score (nSPS) is 11.3. The van der Waals surface area contributed by atoms with Crippen molar-refractivity contribution >= 4 is 49.6 Å². The standard InChI is InChI=1S/C64H44N2/c1-4-19-45(20-5-1)46-37-39-47(40-38-46)48-41-43-52(44-42-48)65(60-34-13-10-27-54(60)57-31-17-24-50-23-16-30-53(63(50)57)49-21-6-2-7-22-49)61-35-14-11-28-55(61)58-32-18-33-59-56-29-12-15-36-62(56)66(64(58)59)51-25-8-3-9-26-51/h1-44H. The molecule has 310 valence electrons. The van der Waals surface area contributed by atoms with Crippen molar-refractivity contribution in [3.63, 3.8) is 0 Å². The SMILES string of the molecule is c1ccc(-c2ccc(-c3ccc(N(c4ccccc4-c4cccc5cccc(-c6ccccc6)c45)c4ccccc4-c4cccc5c6ccccc6n(-c6ccccc6)c45)cc3)cc2)cc1. The first-order valence-electron chi connectivity index (χ1n) is 22.7. The third kappa shape index (κ3) is 6.84. The molecule has 66 heavy (non-hydrogen) atoms. The summed E-state index contributed by atoms with van der Waals surface area (Å²) in [6.07, 6.45) is 0. The topological polar surface area (TPSA) is 8.17 Å². The molecule has 0 saturated heterocycles. The summed E-state index contributed by atoms with van der Waals surface area (Å²) in [5.41, 5.74) is 18.6. The molecule has 2 heteroatoms. The van der Waals surface area contributed by atoms with E-state index >= 15 is 0 Å². The molecule has 1 aromatic heterocycles. The summed E-state index contributed by atoms with van der Waals surface area (Å²) in [5, 5.41) is 4.90. The van der Waals surface area contributed by atoms with Crippen molar-refractivity contribution in [1.29, 1.82) is 0 Å². The van der Waals surface area contributed by atoms with Gasteiger partial charge in [0, 0.05) is 38.8 Å². The van der Waals surface area contributed by atoms with Crippen LogP contribution in [0, 0.1) is 0 Å². The molecule has 0 aliphatic rings. The van der Waals surface area contributed by atoms with Gasteiger partial charge in [-0.15, -0.1) is 0 Å². The average Bonchev–Trinajstić information content (AvgIpc) is 3.74. The van der Waals surface area contributed by atoms with E-state index in [0.29, 0.717) is 0 Å². The fourth-order valence-corrected chi connectivity index (χ4v) is 9.99. The van der Waals surface area contributed by atoms with Gasteiger partial charge in [-0.2, -0.15) is 0 Å². The summed E-state index contributed by atoms with van der Waals surface area (Å²) in [6, 6.07) is 96.9. The van der Waals surface area contributed by atoms with Crippen LogP contribution in [0.5, 0.6) is 0 Å². The molecule has 0 saturated carbocycles. The molecule has 11 aromatic carbocycles. The fourth-order valence-electron chi connectivity index (χ4n) is 9.99. The molecule has 0 aliphatic heterocycles. The first kappa shape index (κ1) is 38.9. The van der Waals surface area contributed by atoms with Crippen LogP contribution in [0.1, 0.15) is 0 Å². The van der Waals surface area contributed by atoms with Gasteiger partial charge >= 0.3 is 0 Å². The molecule has 12 aromatic rings. The Morgan fingerprint density at radius 2 is 0.712 bits per heavy atom. The Bertz CT molecular complexity index is 3660. The number of nitrogens with zero attached hydrogens (tertiary/aromatic N) is 2. The number of fused-ring (bicyclic) bond motifs is 4. The molecule has 0 radical (unpaired) electrons. The molecule has 0 atom stereocenters. The van der Waals surface area contributed by atoms with Crippen LogP contribution < -0.4 is 4.90 Å². The zero-order valence-corrected chi connectivity index (χ0v) is 36.3. The van der Waals surface area contributed by atoms with Gasteiger partial charge in [0.05, 0.1) is 22.4 Å². The van der Waals surface area contributed by atoms with Crippen LogP contribution in [0.25, 0.3) is 93.9 Å². The summed E-state index contributed by atoms with van der Waals surface area (Å²) in [4.78, 5) is 2.48. The van der Waals surface area contributed by atoms with Crippen LogP contribution in [0.2, 0.25) is 0 Å². The van der Waals surface area contributed by atoms with Crippen molar-refractivity contribution in [2.24, 2.45) is 0 Å². The zero-order valence-electron chi connectivity index (χ0n) is 36.3. The van der Waals surface area contributed by atoms with E-state index in [1.54, 1.807) is 0 Å². The van der Waals surface area contributed by atoms with E-state index < -0.39 is 0 Å². The molecule has 0 unspecified atom stereocenters. The lowest BCUT2D eigenvalue weighted by Gasteiger charge is -2.30. The first-order valence-corrected chi connectivity index (χ1v) is 22.7. The lowest BCUT2D eigenvalue weighted by Crippen LogP contribution is -2.12. The number of anilines is 3. The molecular formula is C64H44N2. The lowest BCUT2D eigenvalue weighted by molar-refractivity contribution is 1.18. The van der Waals surface area contributed by atoms with E-state index in [9.17, 15) is 0 Å². The minimum atomic E-state index is 1.07. The first-order chi connectivity index (χ1) is 32.8. The molecule has 2 nitrogen and oxygen atoms in total. The highest BCUT2D eigenvalue weighted by molar-refractivity contribution is 6.15. The van der Waals surface area contributed by atoms with Gasteiger partial charge < -0.3 is 9.47 Å². The van der Waals surface area contributed by atoms with Crippen molar-refractivity contribution in [3.05, 3.63) is 267 Å². The Morgan fingerprint density at radius 3 is 1.36 bits per heavy atom. The highest BCUT2D eigenvalue weighted by atomic mass is 15.1. The van der Waals surface area contributed by atoms with Crippen molar-refractivity contribution in [2.45, 2.75) is 0 Å². The summed E-state index contributed by atoms with van der Waals surface area (Å²) < 4.78 is 2.44. The zero-order chi connectivity index (χ0) is 43.8. The molecular weight excluding hydrogens is 797 g/mol. The predicted molar refractivity (Wildman–Crippen MR) is 280 cm³/mol. The second-order valence-electron chi connectivity index (χ2n) is 16.8. The van der Waals surface area contributed by atoms with Gasteiger partial charge in [0.25, 0.3) is 0 Å². The maximum atomic E-state index is 2.48. The van der Waals surface area contributed by atoms with Crippen LogP contribution in [0.15, 0.2) is 267 Å². The van der Waals surface area contributed by atoms with Crippen LogP contribution >= 0.6 is 0 Å². The number of aromatic nitrogens is 1. The number of benzene rings is 11. The number of para-hydroxylation sites is 5. The molecule has 0 spiro atoms. The third-order valence-corrected chi connectivity index (χ3v) is 13.0. The van der Waals surface area contributed by atoms with Crippen LogP contribution in [-0.4, -0.2) is 4.57 Å². The number of hydrogen-bond acceptors (Lipinski definition) is 1. The van der Waals surface area contributed by atoms with Crippen LogP contribution in [0.3, 0.4) is 0 Å². The molecule has 0 amide bonds. The minimum absolute atomic E-state index is 1.07. The molecule has 0 fully saturated rings. The van der Waals surface area contributed by atoms with Crippen LogP contribution in [-0.2, 0) is 0 Å². The Kier molecular flexibility index (Phi) is 9.89. The van der Waals surface area contributed by atoms with Gasteiger partial charge in [-0.05, 0) is 92.2 Å². The second kappa shape index (κ2) is 16.8. The predicted octanol–water partition coefficient (Wildman–Crippen LogP) is 17.7. The van der Waals surface area contributed by atoms with Crippen molar-refractivity contribution in [1.82, 2.24) is 4.57 Å². The monoisotopic (exact) mass is 840 g/mol. The Morgan fingerprint density at radius 1 is 0.273 bits per heavy atom. The van der Waals surface area contributed by atoms with E-state index in [0.717, 1.165) is 39.4 Å². The lowest BCUT2D eigenvalue weighted by atomic mass is 9.90. The van der Waals surface area contributed by atoms with Gasteiger partial charge in [-0.25, -0.2) is 0 Å². The van der Waals surface area contributed by atoms with Gasteiger partial charge in [0.15, 0.2) is 0 Å². The quantitative estimate of drug-likeness (QED) is 0.141. The summed E-state index contributed by atoms with van der Waals surface area (Å²) in [7, 11) is 0. The van der Waals surface area contributed by atoms with Crippen LogP contribution in [0.4, 0.5) is 17.1 Å². The van der Waals surface area contributed by atoms with Gasteiger partial charge in [-0.1, -0.05) is 224 Å². The molecule has 12 rings (SSSR count). The fraction of sp³-hybridized carbons (Fsp3) is 0. The maximum Gasteiger partial charge on any atom is 0.0620 e. The highest BCUT2D eigenvalue weighted by Crippen LogP contribution is 2.49. The Labute approximate surface area is 385 Å². The number of hydrogen-bond donors (Lipinski definition) is 0. The van der Waals surface area contributed by atoms with E-state index in [1.165, 1.54) is 71.5 Å². The van der Waals surface area contributed by atoms with E-state index in [-0.39, 0.29) is 0 Å². The van der Waals surface area contributed by atoms with Crippen molar-refractivity contribution in [2.75, 3.05) is 4.90 Å². The molecule has 0 bridgehead atoms. The summed E-state index contributed by atoms with van der Waals surface area (Å²) >= 11 is 0. The highest BCUT2D eigenvalue weighted by Gasteiger charge is 2.24. The van der Waals surface area contributed by atoms with E-state index in [2.05, 4.69) is 276 Å². The Balaban J connectivity index is 1.09. The van der Waals surface area contributed by atoms with Crippen molar-refractivity contribution in [3.8, 4) is 61.3 Å². The van der Waals surface area contributed by atoms with E-state index in [1.807, 2.05) is 0 Å². The summed E-state index contributed by atoms with van der Waals surface area (Å²) in [6.45, 7) is 0. The maximum absolute atomic E-state index is 2.48. The van der Waals surface area contributed by atoms with E-state index in [4.69, 9.17) is 0 Å². The van der Waals surface area contributed by atoms with Gasteiger partial charge in [0.1, 0.15) is 0 Å². The summed E-state index contributed by atoms with van der Waals surface area (Å²) in [5.74, 6) is 0. The largest absolute Gasteiger partial charge is 0.309 e. The van der Waals surface area contributed by atoms with Crippen molar-refractivity contribution < 1.29 is 0 Å². The van der Waals surface area contributed by atoms with Gasteiger partial charge in [-0.3, -0.25) is 0 Å². The Hall–Kier alpha value is -8.72. The smallest absolute Gasteiger partial charge is 0.0620 e. The molecule has 0 aliphatic carbocycles. The minimum Gasteiger partial charge on any atom is -0.309 e. The third-order valence-electron chi connectivity index (χ3n) is 13.0. The number of rotatable bonds is 9. The molecule has 0 N–H and O–H groups in total. The average molecular weight is 841 g/mol.